The third kappa shape index (κ3) is 2.80. The molecule has 0 saturated heterocycles. The van der Waals surface area contributed by atoms with Gasteiger partial charge in [0.25, 0.3) is 5.56 Å². The number of rotatable bonds is 3. The molecule has 0 aliphatic heterocycles. The largest absolute Gasteiger partial charge is 0.330 e. The SMILES string of the molecule is O=c1[nH]c2nnc(-c3cccnc3)nc2c(=O)n1Cc1ccccc1. The third-order valence-electron chi connectivity index (χ3n) is 3.71. The lowest BCUT2D eigenvalue weighted by Crippen LogP contribution is -2.36. The van der Waals surface area contributed by atoms with Gasteiger partial charge in [-0.3, -0.25) is 19.3 Å². The lowest BCUT2D eigenvalue weighted by molar-refractivity contribution is 0.705. The summed E-state index contributed by atoms with van der Waals surface area (Å²) in [7, 11) is 0. The zero-order valence-corrected chi connectivity index (χ0v) is 13.0. The third-order valence-corrected chi connectivity index (χ3v) is 3.71. The van der Waals surface area contributed by atoms with Gasteiger partial charge in [0.1, 0.15) is 0 Å². The summed E-state index contributed by atoms with van der Waals surface area (Å²) in [6.45, 7) is 0.150. The van der Waals surface area contributed by atoms with Crippen molar-refractivity contribution in [3.63, 3.8) is 0 Å². The Morgan fingerprint density at radius 2 is 1.84 bits per heavy atom. The molecule has 3 heterocycles. The lowest BCUT2D eigenvalue weighted by Gasteiger charge is -2.06. The van der Waals surface area contributed by atoms with Crippen LogP contribution in [0.3, 0.4) is 0 Å². The number of hydrogen-bond donors (Lipinski definition) is 1. The van der Waals surface area contributed by atoms with E-state index in [2.05, 4.69) is 25.1 Å². The first-order valence-electron chi connectivity index (χ1n) is 7.54. The van der Waals surface area contributed by atoms with Crippen molar-refractivity contribution in [1.29, 1.82) is 0 Å². The van der Waals surface area contributed by atoms with Crippen LogP contribution in [0.25, 0.3) is 22.6 Å². The summed E-state index contributed by atoms with van der Waals surface area (Å²) in [5.74, 6) is 0.274. The van der Waals surface area contributed by atoms with Crippen LogP contribution in [0, 0.1) is 0 Å². The molecule has 0 saturated carbocycles. The van der Waals surface area contributed by atoms with Crippen LogP contribution in [0.5, 0.6) is 0 Å². The Hall–Kier alpha value is -3.68. The van der Waals surface area contributed by atoms with Gasteiger partial charge in [0.2, 0.25) is 0 Å². The van der Waals surface area contributed by atoms with Gasteiger partial charge in [-0.2, -0.15) is 0 Å². The smallest absolute Gasteiger partial charge is 0.288 e. The molecule has 0 fully saturated rings. The van der Waals surface area contributed by atoms with Crippen molar-refractivity contribution in [1.82, 2.24) is 29.7 Å². The number of nitrogens with zero attached hydrogens (tertiary/aromatic N) is 5. The predicted molar refractivity (Wildman–Crippen MR) is 91.0 cm³/mol. The predicted octanol–water partition coefficient (Wildman–Crippen LogP) is 0.985. The van der Waals surface area contributed by atoms with Crippen LogP contribution in [0.4, 0.5) is 0 Å². The van der Waals surface area contributed by atoms with Crippen LogP contribution < -0.4 is 11.2 Å². The Kier molecular flexibility index (Phi) is 3.62. The minimum Gasteiger partial charge on any atom is -0.288 e. The van der Waals surface area contributed by atoms with E-state index in [9.17, 15) is 9.59 Å². The number of pyridine rings is 1. The number of aromatic amines is 1. The molecule has 0 atom stereocenters. The van der Waals surface area contributed by atoms with Gasteiger partial charge in [-0.1, -0.05) is 30.3 Å². The second kappa shape index (κ2) is 6.08. The molecular weight excluding hydrogens is 320 g/mol. The first kappa shape index (κ1) is 14.9. The van der Waals surface area contributed by atoms with Crippen molar-refractivity contribution in [2.75, 3.05) is 0 Å². The van der Waals surface area contributed by atoms with Gasteiger partial charge in [0, 0.05) is 18.0 Å². The van der Waals surface area contributed by atoms with Gasteiger partial charge >= 0.3 is 5.69 Å². The second-order valence-electron chi connectivity index (χ2n) is 5.38. The van der Waals surface area contributed by atoms with Crippen molar-refractivity contribution in [2.45, 2.75) is 6.54 Å². The average molecular weight is 332 g/mol. The van der Waals surface area contributed by atoms with Crippen LogP contribution >= 0.6 is 0 Å². The van der Waals surface area contributed by atoms with Crippen molar-refractivity contribution >= 4 is 11.2 Å². The number of aromatic nitrogens is 6. The molecule has 0 unspecified atom stereocenters. The fourth-order valence-corrected chi connectivity index (χ4v) is 2.47. The summed E-state index contributed by atoms with van der Waals surface area (Å²) in [6.07, 6.45) is 3.21. The minimum absolute atomic E-state index is 0.0596. The molecule has 0 spiro atoms. The standard InChI is InChI=1S/C17H12N6O2/c24-16-13-15(22-21-14(19-13)12-7-4-8-18-9-12)20-17(25)23(16)10-11-5-2-1-3-6-11/h1-9H,10H2,(H,20,22,25). The molecule has 0 bridgehead atoms. The van der Waals surface area contributed by atoms with Crippen molar-refractivity contribution in [3.8, 4) is 11.4 Å². The van der Waals surface area contributed by atoms with Gasteiger partial charge in [0.05, 0.1) is 6.54 Å². The van der Waals surface area contributed by atoms with Crippen molar-refractivity contribution in [3.05, 3.63) is 81.3 Å². The van der Waals surface area contributed by atoms with E-state index in [1.165, 1.54) is 0 Å². The number of benzene rings is 1. The fourth-order valence-electron chi connectivity index (χ4n) is 2.47. The summed E-state index contributed by atoms with van der Waals surface area (Å²) in [5, 5.41) is 7.87. The second-order valence-corrected chi connectivity index (χ2v) is 5.38. The number of fused-ring (bicyclic) bond motifs is 1. The Balaban J connectivity index is 1.88. The maximum atomic E-state index is 12.7. The van der Waals surface area contributed by atoms with Crippen molar-refractivity contribution in [2.24, 2.45) is 0 Å². The molecule has 122 valence electrons. The van der Waals surface area contributed by atoms with E-state index in [0.717, 1.165) is 10.1 Å². The van der Waals surface area contributed by atoms with E-state index < -0.39 is 11.2 Å². The maximum absolute atomic E-state index is 12.7. The van der Waals surface area contributed by atoms with Crippen LogP contribution in [0.2, 0.25) is 0 Å². The molecule has 8 heteroatoms. The first-order chi connectivity index (χ1) is 12.2. The van der Waals surface area contributed by atoms with Gasteiger partial charge in [0.15, 0.2) is 17.0 Å². The van der Waals surface area contributed by atoms with E-state index in [4.69, 9.17) is 0 Å². The Labute approximate surface area is 140 Å². The van der Waals surface area contributed by atoms with Crippen LogP contribution in [0.15, 0.2) is 64.4 Å². The molecule has 25 heavy (non-hydrogen) atoms. The molecule has 8 nitrogen and oxygen atoms in total. The Morgan fingerprint density at radius 1 is 1.00 bits per heavy atom. The summed E-state index contributed by atoms with van der Waals surface area (Å²) in [6, 6.07) is 12.8. The highest BCUT2D eigenvalue weighted by atomic mass is 16.2. The number of H-pyrrole nitrogens is 1. The zero-order valence-electron chi connectivity index (χ0n) is 13.0. The molecular formula is C17H12N6O2. The molecule has 4 rings (SSSR count). The molecule has 0 aliphatic carbocycles. The minimum atomic E-state index is -0.549. The molecule has 1 aromatic carbocycles. The molecule has 4 aromatic rings. The topological polar surface area (TPSA) is 106 Å². The van der Waals surface area contributed by atoms with E-state index >= 15 is 0 Å². The Morgan fingerprint density at radius 3 is 2.60 bits per heavy atom. The molecule has 0 radical (unpaired) electrons. The average Bonchev–Trinajstić information content (AvgIpc) is 2.66. The number of hydrogen-bond acceptors (Lipinski definition) is 6. The molecule has 1 N–H and O–H groups in total. The van der Waals surface area contributed by atoms with Crippen LogP contribution in [-0.2, 0) is 6.54 Å². The van der Waals surface area contributed by atoms with Gasteiger partial charge in [-0.25, -0.2) is 9.78 Å². The fraction of sp³-hybridized carbons (Fsp3) is 0.0588. The Bertz CT molecular complexity index is 1150. The normalized spacial score (nSPS) is 10.9. The highest BCUT2D eigenvalue weighted by Crippen LogP contribution is 2.12. The maximum Gasteiger partial charge on any atom is 0.330 e. The quantitative estimate of drug-likeness (QED) is 0.599. The summed E-state index contributed by atoms with van der Waals surface area (Å²) >= 11 is 0. The lowest BCUT2D eigenvalue weighted by atomic mass is 10.2. The zero-order chi connectivity index (χ0) is 17.2. The highest BCUT2D eigenvalue weighted by molar-refractivity contribution is 5.70. The highest BCUT2D eigenvalue weighted by Gasteiger charge is 2.13. The first-order valence-corrected chi connectivity index (χ1v) is 7.54. The monoisotopic (exact) mass is 332 g/mol. The summed E-state index contributed by atoms with van der Waals surface area (Å²) < 4.78 is 1.10. The van der Waals surface area contributed by atoms with E-state index in [-0.39, 0.29) is 23.5 Å². The number of nitrogens with one attached hydrogen (secondary N) is 1. The summed E-state index contributed by atoms with van der Waals surface area (Å²) in [5.41, 5.74) is 0.534. The van der Waals surface area contributed by atoms with Crippen molar-refractivity contribution < 1.29 is 0 Å². The molecule has 0 aliphatic rings. The van der Waals surface area contributed by atoms with Crippen LogP contribution in [0.1, 0.15) is 5.56 Å². The van der Waals surface area contributed by atoms with E-state index in [1.54, 1.807) is 24.5 Å². The van der Waals surface area contributed by atoms with Gasteiger partial charge in [-0.05, 0) is 17.7 Å². The van der Waals surface area contributed by atoms with Gasteiger partial charge < -0.3 is 0 Å². The van der Waals surface area contributed by atoms with Crippen LogP contribution in [-0.4, -0.2) is 29.7 Å². The van der Waals surface area contributed by atoms with Gasteiger partial charge in [-0.15, -0.1) is 10.2 Å². The van der Waals surface area contributed by atoms with E-state index in [0.29, 0.717) is 5.56 Å². The molecule has 0 amide bonds. The molecule has 3 aromatic heterocycles. The van der Waals surface area contributed by atoms with E-state index in [1.807, 2.05) is 30.3 Å². The summed E-state index contributed by atoms with van der Waals surface area (Å²) in [4.78, 5) is 35.8.